The van der Waals surface area contributed by atoms with E-state index in [4.69, 9.17) is 0 Å². The topological polar surface area (TPSA) is 12.0 Å². The van der Waals surface area contributed by atoms with Gasteiger partial charge in [0, 0.05) is 6.04 Å². The average molecular weight is 241 g/mol. The van der Waals surface area contributed by atoms with Crippen molar-refractivity contribution >= 4 is 0 Å². The van der Waals surface area contributed by atoms with Gasteiger partial charge < -0.3 is 5.32 Å². The largest absolute Gasteiger partial charge is 0.314 e. The predicted octanol–water partition coefficient (Wildman–Crippen LogP) is 5.01. The summed E-state index contributed by atoms with van der Waals surface area (Å²) >= 11 is 0. The van der Waals surface area contributed by atoms with E-state index in [1.54, 1.807) is 0 Å². The number of rotatable bonds is 11. The van der Waals surface area contributed by atoms with Crippen LogP contribution in [0.15, 0.2) is 0 Å². The second kappa shape index (κ2) is 11.1. The van der Waals surface area contributed by atoms with E-state index in [0.717, 1.165) is 11.8 Å². The molecule has 2 atom stereocenters. The van der Waals surface area contributed by atoms with E-state index < -0.39 is 0 Å². The molecule has 1 N–H and O–H groups in total. The lowest BCUT2D eigenvalue weighted by Gasteiger charge is -2.21. The molecule has 0 aromatic carbocycles. The van der Waals surface area contributed by atoms with Crippen molar-refractivity contribution in [2.75, 3.05) is 6.54 Å². The molecule has 104 valence electrons. The minimum Gasteiger partial charge on any atom is -0.314 e. The Morgan fingerprint density at radius 3 is 1.94 bits per heavy atom. The van der Waals surface area contributed by atoms with E-state index in [1.165, 1.54) is 51.5 Å². The molecule has 1 heteroatoms. The molecule has 0 heterocycles. The van der Waals surface area contributed by atoms with Crippen molar-refractivity contribution in [3.05, 3.63) is 0 Å². The highest BCUT2D eigenvalue weighted by Crippen LogP contribution is 2.18. The first-order valence-corrected chi connectivity index (χ1v) is 7.81. The molecule has 0 fully saturated rings. The lowest BCUT2D eigenvalue weighted by atomic mass is 9.90. The molecule has 2 unspecified atom stereocenters. The Balaban J connectivity index is 3.40. The van der Waals surface area contributed by atoms with Crippen LogP contribution in [0, 0.1) is 11.8 Å². The lowest BCUT2D eigenvalue weighted by molar-refractivity contribution is 0.328. The molecular formula is C16H35N. The third-order valence-corrected chi connectivity index (χ3v) is 3.83. The summed E-state index contributed by atoms with van der Waals surface area (Å²) in [6.07, 6.45) is 9.94. The van der Waals surface area contributed by atoms with E-state index in [1.807, 2.05) is 0 Å². The molecule has 1 nitrogen and oxygen atoms in total. The zero-order valence-electron chi connectivity index (χ0n) is 12.9. The van der Waals surface area contributed by atoms with Crippen molar-refractivity contribution in [1.82, 2.24) is 5.32 Å². The van der Waals surface area contributed by atoms with Gasteiger partial charge in [-0.2, -0.15) is 0 Å². The summed E-state index contributed by atoms with van der Waals surface area (Å²) in [5.74, 6) is 1.68. The van der Waals surface area contributed by atoms with Gasteiger partial charge in [0.15, 0.2) is 0 Å². The lowest BCUT2D eigenvalue weighted by Crippen LogP contribution is -2.30. The van der Waals surface area contributed by atoms with Gasteiger partial charge in [-0.05, 0) is 18.4 Å². The maximum Gasteiger partial charge on any atom is 0.00104 e. The van der Waals surface area contributed by atoms with Crippen LogP contribution in [0.25, 0.3) is 0 Å². The molecule has 0 saturated heterocycles. The van der Waals surface area contributed by atoms with Gasteiger partial charge in [-0.25, -0.2) is 0 Å². The van der Waals surface area contributed by atoms with Crippen LogP contribution in [-0.2, 0) is 0 Å². The van der Waals surface area contributed by atoms with Gasteiger partial charge in [-0.3, -0.25) is 0 Å². The molecule has 0 amide bonds. The fourth-order valence-electron chi connectivity index (χ4n) is 2.15. The minimum atomic E-state index is 0.624. The Bertz CT molecular complexity index is 154. The van der Waals surface area contributed by atoms with Gasteiger partial charge in [0.1, 0.15) is 0 Å². The van der Waals surface area contributed by atoms with Gasteiger partial charge in [-0.1, -0.05) is 79.6 Å². The highest BCUT2D eigenvalue weighted by Gasteiger charge is 2.11. The van der Waals surface area contributed by atoms with Crippen LogP contribution in [0.2, 0.25) is 0 Å². The third kappa shape index (κ3) is 10.8. The molecule has 0 radical (unpaired) electrons. The van der Waals surface area contributed by atoms with Crippen molar-refractivity contribution in [3.8, 4) is 0 Å². The zero-order valence-corrected chi connectivity index (χ0v) is 12.9. The predicted molar refractivity (Wildman–Crippen MR) is 79.5 cm³/mol. The highest BCUT2D eigenvalue weighted by atomic mass is 14.9. The van der Waals surface area contributed by atoms with Crippen LogP contribution in [-0.4, -0.2) is 12.6 Å². The molecule has 0 aliphatic rings. The third-order valence-electron chi connectivity index (χ3n) is 3.83. The molecule has 17 heavy (non-hydrogen) atoms. The number of hydrogen-bond donors (Lipinski definition) is 1. The smallest absolute Gasteiger partial charge is 0.00104 e. The summed E-state index contributed by atoms with van der Waals surface area (Å²) in [7, 11) is 0. The first-order valence-electron chi connectivity index (χ1n) is 7.81. The summed E-state index contributed by atoms with van der Waals surface area (Å²) in [6.45, 7) is 12.7. The van der Waals surface area contributed by atoms with E-state index in [0.29, 0.717) is 6.04 Å². The van der Waals surface area contributed by atoms with Crippen LogP contribution in [0.3, 0.4) is 0 Å². The van der Waals surface area contributed by atoms with Crippen LogP contribution in [0.4, 0.5) is 0 Å². The number of nitrogens with one attached hydrogen (secondary N) is 1. The molecule has 0 saturated carbocycles. The molecular weight excluding hydrogens is 206 g/mol. The van der Waals surface area contributed by atoms with Crippen LogP contribution in [0.5, 0.6) is 0 Å². The fourth-order valence-corrected chi connectivity index (χ4v) is 2.15. The first kappa shape index (κ1) is 17.0. The summed E-state index contributed by atoms with van der Waals surface area (Å²) in [4.78, 5) is 0. The first-order chi connectivity index (χ1) is 8.07. The molecule has 0 spiro atoms. The van der Waals surface area contributed by atoms with E-state index in [-0.39, 0.29) is 0 Å². The van der Waals surface area contributed by atoms with Crippen LogP contribution >= 0.6 is 0 Å². The fraction of sp³-hybridized carbons (Fsp3) is 1.00. The molecule has 0 aliphatic carbocycles. The average Bonchev–Trinajstić information content (AvgIpc) is 2.30. The maximum atomic E-state index is 3.54. The van der Waals surface area contributed by atoms with E-state index in [9.17, 15) is 0 Å². The van der Waals surface area contributed by atoms with Crippen LogP contribution < -0.4 is 5.32 Å². The standard InChI is InChI=1S/C16H35N/c1-6-7-8-9-10-11-12-15(4)16(5)13-17-14(2)3/h14-17H,6-13H2,1-5H3. The van der Waals surface area contributed by atoms with Gasteiger partial charge in [0.05, 0.1) is 0 Å². The Labute approximate surface area is 110 Å². The number of hydrogen-bond acceptors (Lipinski definition) is 1. The minimum absolute atomic E-state index is 0.624. The molecule has 0 bridgehead atoms. The van der Waals surface area contributed by atoms with Gasteiger partial charge >= 0.3 is 0 Å². The second-order valence-corrected chi connectivity index (χ2v) is 6.07. The van der Waals surface area contributed by atoms with Crippen molar-refractivity contribution in [3.63, 3.8) is 0 Å². The van der Waals surface area contributed by atoms with Crippen molar-refractivity contribution in [2.24, 2.45) is 11.8 Å². The summed E-state index contributed by atoms with van der Waals surface area (Å²) in [5, 5.41) is 3.54. The summed E-state index contributed by atoms with van der Waals surface area (Å²) < 4.78 is 0. The van der Waals surface area contributed by atoms with E-state index in [2.05, 4.69) is 39.9 Å². The molecule has 0 rings (SSSR count). The maximum absolute atomic E-state index is 3.54. The normalized spacial score (nSPS) is 15.2. The Hall–Kier alpha value is -0.0400. The molecule has 0 aromatic rings. The van der Waals surface area contributed by atoms with Gasteiger partial charge in [0.2, 0.25) is 0 Å². The quantitative estimate of drug-likeness (QED) is 0.502. The van der Waals surface area contributed by atoms with Crippen molar-refractivity contribution in [1.29, 1.82) is 0 Å². The van der Waals surface area contributed by atoms with Crippen molar-refractivity contribution < 1.29 is 0 Å². The Morgan fingerprint density at radius 1 is 0.765 bits per heavy atom. The highest BCUT2D eigenvalue weighted by molar-refractivity contribution is 4.66. The van der Waals surface area contributed by atoms with Crippen molar-refractivity contribution in [2.45, 2.75) is 85.6 Å². The molecule has 0 aliphatic heterocycles. The van der Waals surface area contributed by atoms with E-state index >= 15 is 0 Å². The second-order valence-electron chi connectivity index (χ2n) is 6.07. The van der Waals surface area contributed by atoms with Gasteiger partial charge in [0.25, 0.3) is 0 Å². The van der Waals surface area contributed by atoms with Crippen LogP contribution in [0.1, 0.15) is 79.6 Å². The SMILES string of the molecule is CCCCCCCCC(C)C(C)CNC(C)C. The van der Waals surface area contributed by atoms with Gasteiger partial charge in [-0.15, -0.1) is 0 Å². The summed E-state index contributed by atoms with van der Waals surface area (Å²) in [6, 6.07) is 0.624. The number of unbranched alkanes of at least 4 members (excludes halogenated alkanes) is 5. The zero-order chi connectivity index (χ0) is 13.1. The monoisotopic (exact) mass is 241 g/mol. The summed E-state index contributed by atoms with van der Waals surface area (Å²) in [5.41, 5.74) is 0. The Kier molecular flexibility index (Phi) is 11.0. The molecule has 0 aromatic heterocycles. The Morgan fingerprint density at radius 2 is 1.35 bits per heavy atom.